The second-order valence-electron chi connectivity index (χ2n) is 6.47. The Hall–Kier alpha value is -3.12. The molecular weight excluding hydrogens is 358 g/mol. The van der Waals surface area contributed by atoms with Gasteiger partial charge in [0.05, 0.1) is 4.88 Å². The summed E-state index contributed by atoms with van der Waals surface area (Å²) in [5, 5.41) is 7.56. The molecule has 1 aliphatic rings. The number of thiophene rings is 1. The molecule has 0 spiro atoms. The van der Waals surface area contributed by atoms with Gasteiger partial charge in [-0.2, -0.15) is 0 Å². The summed E-state index contributed by atoms with van der Waals surface area (Å²) < 4.78 is 0. The van der Waals surface area contributed by atoms with Gasteiger partial charge in [-0.1, -0.05) is 29.8 Å². The number of urea groups is 1. The van der Waals surface area contributed by atoms with Crippen LogP contribution in [0.2, 0.25) is 0 Å². The smallest absolute Gasteiger partial charge is 0.308 e. The third-order valence-corrected chi connectivity index (χ3v) is 5.38. The van der Waals surface area contributed by atoms with Crippen molar-refractivity contribution in [3.63, 3.8) is 0 Å². The molecule has 27 heavy (non-hydrogen) atoms. The van der Waals surface area contributed by atoms with E-state index in [-0.39, 0.29) is 11.9 Å². The second-order valence-corrected chi connectivity index (χ2v) is 7.42. The van der Waals surface area contributed by atoms with Gasteiger partial charge in [0.1, 0.15) is 0 Å². The van der Waals surface area contributed by atoms with Crippen molar-refractivity contribution in [3.8, 4) is 0 Å². The third kappa shape index (κ3) is 3.71. The predicted molar refractivity (Wildman–Crippen MR) is 110 cm³/mol. The van der Waals surface area contributed by atoms with Crippen LogP contribution in [0.4, 0.5) is 21.9 Å². The average Bonchev–Trinajstić information content (AvgIpc) is 3.32. The van der Waals surface area contributed by atoms with Gasteiger partial charge in [-0.25, -0.2) is 4.79 Å². The van der Waals surface area contributed by atoms with Crippen molar-refractivity contribution in [1.29, 1.82) is 0 Å². The molecule has 2 aromatic carbocycles. The lowest BCUT2D eigenvalue weighted by Gasteiger charge is -2.17. The highest BCUT2D eigenvalue weighted by molar-refractivity contribution is 7.12. The Bertz CT molecular complexity index is 981. The van der Waals surface area contributed by atoms with Crippen LogP contribution in [0.5, 0.6) is 0 Å². The van der Waals surface area contributed by atoms with Crippen molar-refractivity contribution >= 4 is 40.3 Å². The van der Waals surface area contributed by atoms with Crippen molar-refractivity contribution in [2.75, 3.05) is 22.1 Å². The van der Waals surface area contributed by atoms with Crippen molar-refractivity contribution in [1.82, 2.24) is 0 Å². The van der Waals surface area contributed by atoms with E-state index in [1.54, 1.807) is 4.90 Å². The summed E-state index contributed by atoms with van der Waals surface area (Å²) in [6.45, 7) is 2.66. The molecule has 1 aliphatic heterocycles. The number of rotatable bonds is 3. The van der Waals surface area contributed by atoms with E-state index in [1.165, 1.54) is 11.3 Å². The zero-order valence-electron chi connectivity index (χ0n) is 14.9. The first-order valence-electron chi connectivity index (χ1n) is 8.73. The number of carbonyl (C=O) groups excluding carboxylic acids is 2. The molecule has 2 N–H and O–H groups in total. The molecule has 3 aromatic rings. The van der Waals surface area contributed by atoms with Gasteiger partial charge in [0.25, 0.3) is 5.91 Å². The number of anilines is 3. The molecule has 0 atom stereocenters. The maximum Gasteiger partial charge on any atom is 0.323 e. The van der Waals surface area contributed by atoms with Crippen molar-refractivity contribution in [3.05, 3.63) is 76.0 Å². The molecule has 136 valence electrons. The number of hydrogen-bond acceptors (Lipinski definition) is 3. The van der Waals surface area contributed by atoms with Crippen molar-refractivity contribution in [2.24, 2.45) is 0 Å². The number of carbonyl (C=O) groups is 2. The molecular formula is C21H19N3O2S. The van der Waals surface area contributed by atoms with E-state index in [2.05, 4.69) is 10.6 Å². The summed E-state index contributed by atoms with van der Waals surface area (Å²) in [5.74, 6) is 0.00464. The Kier molecular flexibility index (Phi) is 4.64. The topological polar surface area (TPSA) is 61.4 Å². The van der Waals surface area contributed by atoms with E-state index in [4.69, 9.17) is 0 Å². The van der Waals surface area contributed by atoms with Crippen LogP contribution < -0.4 is 15.5 Å². The van der Waals surface area contributed by atoms with E-state index in [9.17, 15) is 9.59 Å². The zero-order valence-corrected chi connectivity index (χ0v) is 15.7. The molecule has 1 aromatic heterocycles. The molecule has 0 unspecified atom stereocenters. The first-order chi connectivity index (χ1) is 13.1. The lowest BCUT2D eigenvalue weighted by atomic mass is 10.1. The highest BCUT2D eigenvalue weighted by Crippen LogP contribution is 2.32. The number of nitrogens with one attached hydrogen (secondary N) is 2. The summed E-state index contributed by atoms with van der Waals surface area (Å²) in [7, 11) is 0. The van der Waals surface area contributed by atoms with Crippen LogP contribution in [0.1, 0.15) is 20.8 Å². The highest BCUT2D eigenvalue weighted by atomic mass is 32.1. The monoisotopic (exact) mass is 377 g/mol. The van der Waals surface area contributed by atoms with Gasteiger partial charge in [0.2, 0.25) is 0 Å². The Morgan fingerprint density at radius 2 is 1.74 bits per heavy atom. The van der Waals surface area contributed by atoms with Crippen LogP contribution in [-0.4, -0.2) is 18.5 Å². The van der Waals surface area contributed by atoms with Crippen LogP contribution in [-0.2, 0) is 6.42 Å². The van der Waals surface area contributed by atoms with Gasteiger partial charge < -0.3 is 15.5 Å². The molecule has 0 fully saturated rings. The largest absolute Gasteiger partial charge is 0.323 e. The molecule has 0 radical (unpaired) electrons. The SMILES string of the molecule is Cc1ccc(NC(=O)Nc2ccc3c(c2)N(C(=O)c2cccs2)CC3)cc1. The average molecular weight is 377 g/mol. The number of nitrogens with zero attached hydrogens (tertiary/aromatic N) is 1. The van der Waals surface area contributed by atoms with Gasteiger partial charge in [0.15, 0.2) is 0 Å². The van der Waals surface area contributed by atoms with E-state index < -0.39 is 0 Å². The van der Waals surface area contributed by atoms with Crippen molar-refractivity contribution < 1.29 is 9.59 Å². The third-order valence-electron chi connectivity index (χ3n) is 4.53. The quantitative estimate of drug-likeness (QED) is 0.682. The number of hydrogen-bond donors (Lipinski definition) is 2. The summed E-state index contributed by atoms with van der Waals surface area (Å²) >= 11 is 1.44. The maximum absolute atomic E-state index is 12.7. The minimum atomic E-state index is -0.312. The summed E-state index contributed by atoms with van der Waals surface area (Å²) in [5.41, 5.74) is 4.50. The molecule has 5 nitrogen and oxygen atoms in total. The van der Waals surface area contributed by atoms with Gasteiger partial charge in [-0.05, 0) is 54.6 Å². The van der Waals surface area contributed by atoms with Gasteiger partial charge in [-0.15, -0.1) is 11.3 Å². The standard InChI is InChI=1S/C21H19N3O2S/c1-14-4-7-16(8-5-14)22-21(26)23-17-9-6-15-10-11-24(18(15)13-17)20(25)19-3-2-12-27-19/h2-9,12-13H,10-11H2,1H3,(H2,22,23,26). The normalized spacial score (nSPS) is 12.6. The fraction of sp³-hybridized carbons (Fsp3) is 0.143. The Morgan fingerprint density at radius 3 is 2.48 bits per heavy atom. The lowest BCUT2D eigenvalue weighted by Crippen LogP contribution is -2.28. The van der Waals surface area contributed by atoms with Crippen LogP contribution in [0.3, 0.4) is 0 Å². The number of fused-ring (bicyclic) bond motifs is 1. The van der Waals surface area contributed by atoms with Crippen LogP contribution in [0.15, 0.2) is 60.0 Å². The summed E-state index contributed by atoms with van der Waals surface area (Å²) in [6.07, 6.45) is 0.822. The summed E-state index contributed by atoms with van der Waals surface area (Å²) in [6, 6.07) is 16.7. The van der Waals surface area contributed by atoms with Gasteiger partial charge in [-0.3, -0.25) is 4.79 Å². The summed E-state index contributed by atoms with van der Waals surface area (Å²) in [4.78, 5) is 27.5. The molecule has 3 amide bonds. The Balaban J connectivity index is 1.49. The van der Waals surface area contributed by atoms with Crippen LogP contribution in [0.25, 0.3) is 0 Å². The number of benzene rings is 2. The second kappa shape index (κ2) is 7.25. The Labute approximate surface area is 161 Å². The molecule has 0 saturated carbocycles. The molecule has 4 rings (SSSR count). The molecule has 0 saturated heterocycles. The molecule has 6 heteroatoms. The van der Waals surface area contributed by atoms with E-state index in [0.717, 1.165) is 33.8 Å². The molecule has 2 heterocycles. The van der Waals surface area contributed by atoms with E-state index in [1.807, 2.05) is 66.9 Å². The number of aryl methyl sites for hydroxylation is 1. The highest BCUT2D eigenvalue weighted by Gasteiger charge is 2.26. The first kappa shape index (κ1) is 17.3. The zero-order chi connectivity index (χ0) is 18.8. The fourth-order valence-corrected chi connectivity index (χ4v) is 3.80. The molecule has 0 bridgehead atoms. The fourth-order valence-electron chi connectivity index (χ4n) is 3.13. The minimum Gasteiger partial charge on any atom is -0.308 e. The van der Waals surface area contributed by atoms with Crippen molar-refractivity contribution in [2.45, 2.75) is 13.3 Å². The number of amides is 3. The van der Waals surface area contributed by atoms with Gasteiger partial charge >= 0.3 is 6.03 Å². The first-order valence-corrected chi connectivity index (χ1v) is 9.61. The van der Waals surface area contributed by atoms with Gasteiger partial charge in [0, 0.05) is 23.6 Å². The van der Waals surface area contributed by atoms with E-state index >= 15 is 0 Å². The minimum absolute atomic E-state index is 0.00464. The predicted octanol–water partition coefficient (Wildman–Crippen LogP) is 4.90. The lowest BCUT2D eigenvalue weighted by molar-refractivity contribution is 0.0993. The Morgan fingerprint density at radius 1 is 1.00 bits per heavy atom. The van der Waals surface area contributed by atoms with Crippen LogP contribution in [0, 0.1) is 6.92 Å². The maximum atomic E-state index is 12.7. The molecule has 0 aliphatic carbocycles. The van der Waals surface area contributed by atoms with Crippen LogP contribution >= 0.6 is 11.3 Å². The van der Waals surface area contributed by atoms with E-state index in [0.29, 0.717) is 12.2 Å².